The second-order valence-electron chi connectivity index (χ2n) is 8.61. The lowest BCUT2D eigenvalue weighted by molar-refractivity contribution is -0.121. The Balaban J connectivity index is 1.84. The van der Waals surface area contributed by atoms with Gasteiger partial charge in [0.25, 0.3) is 0 Å². The van der Waals surface area contributed by atoms with Gasteiger partial charge in [-0.15, -0.1) is 0 Å². The number of nitriles is 1. The van der Waals surface area contributed by atoms with Gasteiger partial charge in [0.15, 0.2) is 5.78 Å². The zero-order chi connectivity index (χ0) is 23.3. The first kappa shape index (κ1) is 20.8. The van der Waals surface area contributed by atoms with Gasteiger partial charge in [-0.3, -0.25) is 4.79 Å². The van der Waals surface area contributed by atoms with Crippen LogP contribution in [0.1, 0.15) is 36.0 Å². The van der Waals surface area contributed by atoms with E-state index in [9.17, 15) is 20.0 Å². The monoisotopic (exact) mass is 439 g/mol. The van der Waals surface area contributed by atoms with Crippen LogP contribution in [0.3, 0.4) is 0 Å². The van der Waals surface area contributed by atoms with Crippen molar-refractivity contribution in [3.63, 3.8) is 0 Å². The van der Waals surface area contributed by atoms with Crippen molar-refractivity contribution in [1.29, 1.82) is 5.26 Å². The van der Waals surface area contributed by atoms with Crippen LogP contribution in [0.15, 0.2) is 54.4 Å². The van der Waals surface area contributed by atoms with Gasteiger partial charge in [0.2, 0.25) is 0 Å². The third-order valence-corrected chi connectivity index (χ3v) is 6.88. The Labute approximate surface area is 190 Å². The highest BCUT2D eigenvalue weighted by Crippen LogP contribution is 2.54. The van der Waals surface area contributed by atoms with Crippen LogP contribution in [0.2, 0.25) is 0 Å². The molecule has 2 aromatic heterocycles. The fraction of sp³-hybridized carbons (Fsp3) is 0.280. The second-order valence-corrected chi connectivity index (χ2v) is 8.61. The van der Waals surface area contributed by atoms with Crippen LogP contribution >= 0.6 is 0 Å². The predicted octanol–water partition coefficient (Wildman–Crippen LogP) is 3.69. The molecule has 1 aromatic carbocycles. The van der Waals surface area contributed by atoms with Gasteiger partial charge in [-0.05, 0) is 37.3 Å². The molecule has 2 heterocycles. The molecule has 0 spiro atoms. The minimum atomic E-state index is -1.18. The highest BCUT2D eigenvalue weighted by Gasteiger charge is 2.53. The molecular formula is C25H21N5O3. The Morgan fingerprint density at radius 2 is 2.03 bits per heavy atom. The summed E-state index contributed by atoms with van der Waals surface area (Å²) in [4.78, 5) is 33.8. The van der Waals surface area contributed by atoms with Crippen molar-refractivity contribution in [2.24, 2.45) is 11.8 Å². The summed E-state index contributed by atoms with van der Waals surface area (Å²) in [7, 11) is 0. The van der Waals surface area contributed by atoms with Gasteiger partial charge in [0.05, 0.1) is 28.6 Å². The molecule has 0 radical (unpaired) electrons. The number of rotatable bonds is 2. The highest BCUT2D eigenvalue weighted by atomic mass is 16.4. The smallest absolute Gasteiger partial charge is 0.432 e. The van der Waals surface area contributed by atoms with Crippen molar-refractivity contribution in [1.82, 2.24) is 19.7 Å². The summed E-state index contributed by atoms with van der Waals surface area (Å²) < 4.78 is 0.854. The Morgan fingerprint density at radius 3 is 2.70 bits per heavy atom. The van der Waals surface area contributed by atoms with Gasteiger partial charge in [-0.25, -0.2) is 14.8 Å². The summed E-state index contributed by atoms with van der Waals surface area (Å²) in [6, 6.07) is 12.0. The number of aromatic nitrogens is 4. The number of allylic oxidation sites excluding steroid dienone is 2. The average molecular weight is 439 g/mol. The number of carbonyl (C=O) groups excluding carboxylic acids is 1. The van der Waals surface area contributed by atoms with Gasteiger partial charge in [0.1, 0.15) is 11.9 Å². The number of carbonyl (C=O) groups is 2. The molecule has 2 aliphatic rings. The van der Waals surface area contributed by atoms with Crippen LogP contribution < -0.4 is 0 Å². The Bertz CT molecular complexity index is 1370. The molecule has 0 fully saturated rings. The Hall–Kier alpha value is -4.12. The quantitative estimate of drug-likeness (QED) is 0.646. The predicted molar refractivity (Wildman–Crippen MR) is 118 cm³/mol. The molecule has 0 aliphatic heterocycles. The number of fused-ring (bicyclic) bond motifs is 3. The van der Waals surface area contributed by atoms with Crippen LogP contribution in [-0.2, 0) is 16.6 Å². The summed E-state index contributed by atoms with van der Waals surface area (Å²) in [6.07, 6.45) is 4.88. The topological polar surface area (TPSA) is 122 Å². The fourth-order valence-corrected chi connectivity index (χ4v) is 5.45. The highest BCUT2D eigenvalue weighted by molar-refractivity contribution is 6.02. The Morgan fingerprint density at radius 1 is 1.27 bits per heavy atom. The number of hydrogen-bond donors (Lipinski definition) is 1. The van der Waals surface area contributed by atoms with Crippen molar-refractivity contribution in [2.45, 2.75) is 32.1 Å². The number of nitrogens with zero attached hydrogens (tertiary/aromatic N) is 5. The van der Waals surface area contributed by atoms with E-state index in [2.05, 4.69) is 16.2 Å². The van der Waals surface area contributed by atoms with E-state index in [1.54, 1.807) is 13.0 Å². The average Bonchev–Trinajstić information content (AvgIpc) is 3.32. The molecule has 5 rings (SSSR count). The largest absolute Gasteiger partial charge is 0.463 e. The molecule has 3 atom stereocenters. The first-order valence-electron chi connectivity index (χ1n) is 10.8. The molecule has 0 saturated carbocycles. The third kappa shape index (κ3) is 3.00. The van der Waals surface area contributed by atoms with E-state index in [1.165, 1.54) is 12.4 Å². The zero-order valence-electron chi connectivity index (χ0n) is 18.2. The minimum absolute atomic E-state index is 0.0686. The zero-order valence-corrected chi connectivity index (χ0v) is 18.2. The van der Waals surface area contributed by atoms with Crippen LogP contribution in [0.25, 0.3) is 11.3 Å². The number of hydrogen-bond acceptors (Lipinski definition) is 6. The molecule has 0 bridgehead atoms. The van der Waals surface area contributed by atoms with Crippen LogP contribution in [0.4, 0.5) is 4.79 Å². The van der Waals surface area contributed by atoms with E-state index in [4.69, 9.17) is 4.98 Å². The summed E-state index contributed by atoms with van der Waals surface area (Å²) in [5.74, 6) is -0.0159. The molecule has 33 heavy (non-hydrogen) atoms. The normalized spacial score (nSPS) is 23.8. The van der Waals surface area contributed by atoms with Gasteiger partial charge >= 0.3 is 6.09 Å². The van der Waals surface area contributed by atoms with Crippen molar-refractivity contribution in [3.05, 3.63) is 77.0 Å². The molecule has 164 valence electrons. The number of benzene rings is 1. The number of aryl methyl sites for hydroxylation is 1. The number of Topliss-reactive ketones (excluding diaryl/α,β-unsaturated/α-hetero) is 1. The Kier molecular flexibility index (Phi) is 4.71. The van der Waals surface area contributed by atoms with Gasteiger partial charge in [-0.1, -0.05) is 37.3 Å². The van der Waals surface area contributed by atoms with E-state index in [0.29, 0.717) is 29.9 Å². The fourth-order valence-electron chi connectivity index (χ4n) is 5.45. The minimum Gasteiger partial charge on any atom is -0.463 e. The van der Waals surface area contributed by atoms with Gasteiger partial charge in [0, 0.05) is 23.2 Å². The van der Waals surface area contributed by atoms with E-state index in [1.807, 2.05) is 37.3 Å². The first-order valence-corrected chi connectivity index (χ1v) is 10.8. The third-order valence-electron chi connectivity index (χ3n) is 6.88. The summed E-state index contributed by atoms with van der Waals surface area (Å²) >= 11 is 0. The lowest BCUT2D eigenvalue weighted by Crippen LogP contribution is -2.48. The lowest BCUT2D eigenvalue weighted by Gasteiger charge is -2.48. The molecule has 8 heteroatoms. The molecule has 8 nitrogen and oxygen atoms in total. The van der Waals surface area contributed by atoms with Crippen molar-refractivity contribution >= 4 is 11.9 Å². The van der Waals surface area contributed by atoms with Crippen LogP contribution in [0, 0.1) is 30.1 Å². The SMILES string of the molecule is Cc1nc(-c2cnn(C(=O)O)c2)c2c(n1)[C@@]1(c3ccccc3)C=C(C#N)C(=O)[C@@H](C)[C@@H]1CC2. The maximum atomic E-state index is 12.9. The van der Waals surface area contributed by atoms with Crippen LogP contribution in [0.5, 0.6) is 0 Å². The molecule has 3 aromatic rings. The summed E-state index contributed by atoms with van der Waals surface area (Å²) in [5, 5.41) is 23.0. The summed E-state index contributed by atoms with van der Waals surface area (Å²) in [6.45, 7) is 3.69. The van der Waals surface area contributed by atoms with Gasteiger partial charge < -0.3 is 5.11 Å². The lowest BCUT2D eigenvalue weighted by atomic mass is 9.54. The standard InChI is InChI=1S/C25H21N5O3/c1-14-20-9-8-19-21(17-12-27-30(13-17)24(32)33)28-15(2)29-23(19)25(20,10-16(11-26)22(14)31)18-6-4-3-5-7-18/h3-7,10,12-14,20H,8-9H2,1-2H3,(H,32,33)/t14-,20-,25+/m0/s1. The first-order chi connectivity index (χ1) is 15.9. The van der Waals surface area contributed by atoms with Crippen molar-refractivity contribution in [3.8, 4) is 17.3 Å². The van der Waals surface area contributed by atoms with E-state index < -0.39 is 11.5 Å². The van der Waals surface area contributed by atoms with Crippen LogP contribution in [-0.4, -0.2) is 36.7 Å². The molecular weight excluding hydrogens is 418 g/mol. The number of ketones is 1. The van der Waals surface area contributed by atoms with E-state index in [0.717, 1.165) is 21.5 Å². The van der Waals surface area contributed by atoms with Crippen molar-refractivity contribution in [2.75, 3.05) is 0 Å². The maximum Gasteiger partial charge on any atom is 0.432 e. The van der Waals surface area contributed by atoms with E-state index >= 15 is 0 Å². The molecule has 0 amide bonds. The summed E-state index contributed by atoms with van der Waals surface area (Å²) in [5.41, 5.74) is 3.22. The second kappa shape index (κ2) is 7.48. The molecule has 0 unspecified atom stereocenters. The molecule has 2 aliphatic carbocycles. The maximum absolute atomic E-state index is 12.9. The number of carboxylic acid groups (broad SMARTS) is 1. The van der Waals surface area contributed by atoms with Gasteiger partial charge in [-0.2, -0.15) is 15.0 Å². The van der Waals surface area contributed by atoms with E-state index in [-0.39, 0.29) is 23.2 Å². The molecule has 1 N–H and O–H groups in total. The van der Waals surface area contributed by atoms with Crippen molar-refractivity contribution < 1.29 is 14.7 Å². The molecule has 0 saturated heterocycles.